The molecule has 0 saturated carbocycles. The molecule has 0 aliphatic carbocycles. The van der Waals surface area contributed by atoms with Gasteiger partial charge in [0, 0.05) is 28.6 Å². The van der Waals surface area contributed by atoms with E-state index in [2.05, 4.69) is 62.6 Å². The van der Waals surface area contributed by atoms with E-state index in [1.807, 2.05) is 18.3 Å². The number of hydrogen-bond acceptors (Lipinski definition) is 2. The second kappa shape index (κ2) is 4.62. The first-order valence-electron chi connectivity index (χ1n) is 4.39. The fourth-order valence-corrected chi connectivity index (χ4v) is 1.58. The summed E-state index contributed by atoms with van der Waals surface area (Å²) in [6.07, 6.45) is 1.82. The molecule has 0 atom stereocenters. The van der Waals surface area contributed by atoms with Gasteiger partial charge in [0.15, 0.2) is 0 Å². The van der Waals surface area contributed by atoms with Crippen molar-refractivity contribution in [3.05, 3.63) is 22.8 Å². The highest BCUT2D eigenvalue weighted by Gasteiger charge is 2.22. The summed E-state index contributed by atoms with van der Waals surface area (Å²) in [5, 5.41) is 0.911. The molecule has 0 fully saturated rings. The quantitative estimate of drug-likeness (QED) is 0.793. The fraction of sp³-hybridized carbons (Fsp3) is 0.500. The van der Waals surface area contributed by atoms with Gasteiger partial charge in [-0.3, -0.25) is 0 Å². The van der Waals surface area contributed by atoms with Crippen molar-refractivity contribution in [3.63, 3.8) is 0 Å². The van der Waals surface area contributed by atoms with Crippen molar-refractivity contribution in [1.29, 1.82) is 0 Å². The standard InChI is InChI=1S/C10H14Br2N2/c1-10(2,7-11)14(3)9-5-4-8(12)6-13-9/h4-6H,7H2,1-3H3. The normalized spacial score (nSPS) is 11.5. The van der Waals surface area contributed by atoms with Gasteiger partial charge in [0.2, 0.25) is 0 Å². The Morgan fingerprint density at radius 3 is 2.50 bits per heavy atom. The van der Waals surface area contributed by atoms with Crippen molar-refractivity contribution in [1.82, 2.24) is 4.98 Å². The van der Waals surface area contributed by atoms with Crippen molar-refractivity contribution in [2.45, 2.75) is 19.4 Å². The highest BCUT2D eigenvalue weighted by atomic mass is 79.9. The minimum absolute atomic E-state index is 0.0703. The van der Waals surface area contributed by atoms with Crippen molar-refractivity contribution in [3.8, 4) is 0 Å². The Labute approximate surface area is 102 Å². The van der Waals surface area contributed by atoms with E-state index in [1.54, 1.807) is 0 Å². The summed E-state index contributed by atoms with van der Waals surface area (Å²) in [5.41, 5.74) is 0.0703. The molecule has 78 valence electrons. The van der Waals surface area contributed by atoms with Gasteiger partial charge in [-0.25, -0.2) is 4.98 Å². The summed E-state index contributed by atoms with van der Waals surface area (Å²) in [6, 6.07) is 4.01. The lowest BCUT2D eigenvalue weighted by molar-refractivity contribution is 0.547. The lowest BCUT2D eigenvalue weighted by Gasteiger charge is -2.35. The summed E-state index contributed by atoms with van der Waals surface area (Å²) in [6.45, 7) is 4.34. The molecule has 0 saturated heterocycles. The number of aromatic nitrogens is 1. The molecule has 4 heteroatoms. The Hall–Kier alpha value is -0.0900. The zero-order chi connectivity index (χ0) is 10.8. The van der Waals surface area contributed by atoms with E-state index >= 15 is 0 Å². The maximum Gasteiger partial charge on any atom is 0.128 e. The average molecular weight is 322 g/mol. The molecule has 0 unspecified atom stereocenters. The van der Waals surface area contributed by atoms with Crippen LogP contribution in [0, 0.1) is 0 Å². The number of halogens is 2. The van der Waals surface area contributed by atoms with Crippen molar-refractivity contribution in [2.75, 3.05) is 17.3 Å². The summed E-state index contributed by atoms with van der Waals surface area (Å²) in [7, 11) is 2.05. The summed E-state index contributed by atoms with van der Waals surface area (Å²) >= 11 is 6.88. The van der Waals surface area contributed by atoms with E-state index < -0.39 is 0 Å². The highest BCUT2D eigenvalue weighted by Crippen LogP contribution is 2.22. The lowest BCUT2D eigenvalue weighted by Crippen LogP contribution is -2.43. The predicted octanol–water partition coefficient (Wildman–Crippen LogP) is 3.45. The van der Waals surface area contributed by atoms with Gasteiger partial charge in [-0.2, -0.15) is 0 Å². The first-order chi connectivity index (χ1) is 6.47. The Morgan fingerprint density at radius 2 is 2.07 bits per heavy atom. The monoisotopic (exact) mass is 320 g/mol. The van der Waals surface area contributed by atoms with E-state index in [1.165, 1.54) is 0 Å². The molecule has 0 aromatic carbocycles. The van der Waals surface area contributed by atoms with Crippen LogP contribution in [0.15, 0.2) is 22.8 Å². The van der Waals surface area contributed by atoms with Crippen LogP contribution in [0.25, 0.3) is 0 Å². The zero-order valence-electron chi connectivity index (χ0n) is 8.59. The maximum absolute atomic E-state index is 4.35. The molecular weight excluding hydrogens is 308 g/mol. The predicted molar refractivity (Wildman–Crippen MR) is 68.2 cm³/mol. The summed E-state index contributed by atoms with van der Waals surface area (Å²) in [4.78, 5) is 6.51. The number of rotatable bonds is 3. The van der Waals surface area contributed by atoms with Crippen LogP contribution in [0.4, 0.5) is 5.82 Å². The molecule has 0 radical (unpaired) electrons. The van der Waals surface area contributed by atoms with Crippen LogP contribution in [-0.2, 0) is 0 Å². The molecule has 0 aliphatic rings. The van der Waals surface area contributed by atoms with E-state index in [0.717, 1.165) is 15.6 Å². The molecule has 1 aromatic rings. The molecule has 14 heavy (non-hydrogen) atoms. The van der Waals surface area contributed by atoms with Crippen LogP contribution in [0.1, 0.15) is 13.8 Å². The second-order valence-corrected chi connectivity index (χ2v) is 5.32. The Balaban J connectivity index is 2.89. The van der Waals surface area contributed by atoms with Crippen LogP contribution in [0.3, 0.4) is 0 Å². The Morgan fingerprint density at radius 1 is 1.43 bits per heavy atom. The van der Waals surface area contributed by atoms with E-state index in [0.29, 0.717) is 0 Å². The van der Waals surface area contributed by atoms with Crippen LogP contribution in [0.5, 0.6) is 0 Å². The molecule has 1 aromatic heterocycles. The van der Waals surface area contributed by atoms with Gasteiger partial charge >= 0.3 is 0 Å². The van der Waals surface area contributed by atoms with Crippen LogP contribution >= 0.6 is 31.9 Å². The molecule has 1 rings (SSSR count). The van der Waals surface area contributed by atoms with Crippen LogP contribution < -0.4 is 4.90 Å². The topological polar surface area (TPSA) is 16.1 Å². The third-order valence-electron chi connectivity index (χ3n) is 2.29. The number of alkyl halides is 1. The lowest BCUT2D eigenvalue weighted by atomic mass is 10.1. The number of anilines is 1. The molecule has 0 N–H and O–H groups in total. The molecule has 2 nitrogen and oxygen atoms in total. The van der Waals surface area contributed by atoms with Gasteiger partial charge in [0.25, 0.3) is 0 Å². The minimum Gasteiger partial charge on any atom is -0.354 e. The first-order valence-corrected chi connectivity index (χ1v) is 6.30. The summed E-state index contributed by atoms with van der Waals surface area (Å²) in [5.74, 6) is 0.984. The van der Waals surface area contributed by atoms with Crippen LogP contribution in [0.2, 0.25) is 0 Å². The Bertz CT molecular complexity index is 295. The largest absolute Gasteiger partial charge is 0.354 e. The van der Waals surface area contributed by atoms with Gasteiger partial charge in [-0.1, -0.05) is 15.9 Å². The molecule has 0 aliphatic heterocycles. The molecule has 0 bridgehead atoms. The molecular formula is C10H14Br2N2. The van der Waals surface area contributed by atoms with Gasteiger partial charge in [0.05, 0.1) is 0 Å². The third kappa shape index (κ3) is 2.70. The SMILES string of the molecule is CN(c1ccc(Br)cn1)C(C)(C)CBr. The van der Waals surface area contributed by atoms with Gasteiger partial charge < -0.3 is 4.90 Å². The number of hydrogen-bond donors (Lipinski definition) is 0. The molecule has 0 amide bonds. The first kappa shape index (κ1) is 12.0. The number of nitrogens with zero attached hydrogens (tertiary/aromatic N) is 2. The zero-order valence-corrected chi connectivity index (χ0v) is 11.8. The van der Waals surface area contributed by atoms with Crippen molar-refractivity contribution in [2.24, 2.45) is 0 Å². The van der Waals surface area contributed by atoms with E-state index in [4.69, 9.17) is 0 Å². The van der Waals surface area contributed by atoms with E-state index in [9.17, 15) is 0 Å². The van der Waals surface area contributed by atoms with Gasteiger partial charge in [-0.05, 0) is 41.9 Å². The van der Waals surface area contributed by atoms with E-state index in [-0.39, 0.29) is 5.54 Å². The third-order valence-corrected chi connectivity index (χ3v) is 4.13. The smallest absolute Gasteiger partial charge is 0.128 e. The minimum atomic E-state index is 0.0703. The fourth-order valence-electron chi connectivity index (χ4n) is 0.966. The molecule has 0 spiro atoms. The van der Waals surface area contributed by atoms with Gasteiger partial charge in [-0.15, -0.1) is 0 Å². The summed E-state index contributed by atoms with van der Waals surface area (Å²) < 4.78 is 1.01. The van der Waals surface area contributed by atoms with Crippen LogP contribution in [-0.4, -0.2) is 22.9 Å². The average Bonchev–Trinajstić information content (AvgIpc) is 2.18. The maximum atomic E-state index is 4.35. The highest BCUT2D eigenvalue weighted by molar-refractivity contribution is 9.10. The van der Waals surface area contributed by atoms with Gasteiger partial charge in [0.1, 0.15) is 5.82 Å². The second-order valence-electron chi connectivity index (χ2n) is 3.84. The number of pyridine rings is 1. The molecule has 1 heterocycles. The van der Waals surface area contributed by atoms with Crippen molar-refractivity contribution < 1.29 is 0 Å². The van der Waals surface area contributed by atoms with Crippen molar-refractivity contribution >= 4 is 37.7 Å². The Kier molecular flexibility index (Phi) is 3.95.